The number of hydrazine groups is 1. The van der Waals surface area contributed by atoms with E-state index in [0.717, 1.165) is 18.5 Å². The third-order valence-corrected chi connectivity index (χ3v) is 4.04. The molecule has 1 aromatic heterocycles. The van der Waals surface area contributed by atoms with E-state index in [1.807, 2.05) is 6.07 Å². The molecule has 1 fully saturated rings. The first-order valence-corrected chi connectivity index (χ1v) is 6.88. The number of anilines is 1. The highest BCUT2D eigenvalue weighted by atomic mass is 19.1. The monoisotopic (exact) mass is 275 g/mol. The Kier molecular flexibility index (Phi) is 3.44. The van der Waals surface area contributed by atoms with E-state index in [4.69, 9.17) is 10.6 Å². The number of nitrogens with one attached hydrogen (secondary N) is 1. The van der Waals surface area contributed by atoms with Crippen molar-refractivity contribution in [1.29, 1.82) is 0 Å². The molecule has 0 spiro atoms. The molecule has 0 unspecified atom stereocenters. The number of ether oxygens (including phenoxy) is 1. The summed E-state index contributed by atoms with van der Waals surface area (Å²) in [6.45, 7) is 0. The van der Waals surface area contributed by atoms with Gasteiger partial charge in [0, 0.05) is 11.6 Å². The lowest BCUT2D eigenvalue weighted by Gasteiger charge is -2.15. The standard InChI is InChI=1S/C15H18FN3O/c1-20-13-7-6-10(16)15-14(13)12(19-17)8-11(18-15)9-4-2-3-5-9/h6-9H,2-5,17H2,1H3,(H,18,19). The van der Waals surface area contributed by atoms with Crippen molar-refractivity contribution in [3.8, 4) is 5.75 Å². The number of benzene rings is 1. The van der Waals surface area contributed by atoms with Gasteiger partial charge in [-0.25, -0.2) is 9.37 Å². The third kappa shape index (κ3) is 2.08. The first-order chi connectivity index (χ1) is 9.74. The first-order valence-electron chi connectivity index (χ1n) is 6.88. The highest BCUT2D eigenvalue weighted by Crippen LogP contribution is 2.38. The predicted molar refractivity (Wildman–Crippen MR) is 77.3 cm³/mol. The zero-order chi connectivity index (χ0) is 14.1. The van der Waals surface area contributed by atoms with Crippen LogP contribution in [0, 0.1) is 5.82 Å². The van der Waals surface area contributed by atoms with E-state index in [1.54, 1.807) is 13.2 Å². The Morgan fingerprint density at radius 3 is 2.75 bits per heavy atom. The van der Waals surface area contributed by atoms with Crippen molar-refractivity contribution in [3.63, 3.8) is 0 Å². The summed E-state index contributed by atoms with van der Waals surface area (Å²) in [4.78, 5) is 4.52. The lowest BCUT2D eigenvalue weighted by molar-refractivity contribution is 0.419. The van der Waals surface area contributed by atoms with Crippen LogP contribution in [0.25, 0.3) is 10.9 Å². The van der Waals surface area contributed by atoms with Gasteiger partial charge in [0.05, 0.1) is 18.2 Å². The molecule has 3 rings (SSSR count). The number of nitrogens with zero attached hydrogens (tertiary/aromatic N) is 1. The summed E-state index contributed by atoms with van der Waals surface area (Å²) in [5, 5.41) is 0.594. The summed E-state index contributed by atoms with van der Waals surface area (Å²) in [6, 6.07) is 4.89. The predicted octanol–water partition coefficient (Wildman–Crippen LogP) is 3.33. The van der Waals surface area contributed by atoms with Crippen LogP contribution >= 0.6 is 0 Å². The number of rotatable bonds is 3. The maximum absolute atomic E-state index is 14.1. The van der Waals surface area contributed by atoms with Crippen molar-refractivity contribution < 1.29 is 9.13 Å². The van der Waals surface area contributed by atoms with Crippen LogP contribution in [0.3, 0.4) is 0 Å². The number of pyridine rings is 1. The number of methoxy groups -OCH3 is 1. The van der Waals surface area contributed by atoms with Crippen LogP contribution in [-0.2, 0) is 0 Å². The molecule has 0 amide bonds. The molecule has 0 bridgehead atoms. The van der Waals surface area contributed by atoms with Crippen LogP contribution in [0.2, 0.25) is 0 Å². The Balaban J connectivity index is 2.24. The highest BCUT2D eigenvalue weighted by Gasteiger charge is 2.21. The second-order valence-electron chi connectivity index (χ2n) is 5.19. The maximum atomic E-state index is 14.1. The summed E-state index contributed by atoms with van der Waals surface area (Å²) < 4.78 is 19.4. The maximum Gasteiger partial charge on any atom is 0.149 e. The zero-order valence-corrected chi connectivity index (χ0v) is 11.4. The Morgan fingerprint density at radius 2 is 2.10 bits per heavy atom. The Hall–Kier alpha value is -1.88. The average molecular weight is 275 g/mol. The molecule has 0 saturated heterocycles. The summed E-state index contributed by atoms with van der Waals surface area (Å²) in [5.41, 5.74) is 4.54. The second-order valence-corrected chi connectivity index (χ2v) is 5.19. The minimum atomic E-state index is -0.350. The lowest BCUT2D eigenvalue weighted by atomic mass is 10.0. The smallest absolute Gasteiger partial charge is 0.149 e. The molecular weight excluding hydrogens is 257 g/mol. The SMILES string of the molecule is COc1ccc(F)c2nc(C3CCCC3)cc(NN)c12. The van der Waals surface area contributed by atoms with Gasteiger partial charge in [0.25, 0.3) is 0 Å². The number of fused-ring (bicyclic) bond motifs is 1. The molecule has 4 nitrogen and oxygen atoms in total. The summed E-state index contributed by atoms with van der Waals surface area (Å²) in [5.74, 6) is 6.22. The number of aromatic nitrogens is 1. The van der Waals surface area contributed by atoms with Gasteiger partial charge >= 0.3 is 0 Å². The van der Waals surface area contributed by atoms with Crippen LogP contribution in [0.1, 0.15) is 37.3 Å². The molecule has 5 heteroatoms. The number of nitrogen functional groups attached to an aromatic ring is 1. The van der Waals surface area contributed by atoms with Gasteiger partial charge in [-0.15, -0.1) is 0 Å². The van der Waals surface area contributed by atoms with E-state index >= 15 is 0 Å². The topological polar surface area (TPSA) is 60.2 Å². The first kappa shape index (κ1) is 13.1. The highest BCUT2D eigenvalue weighted by molar-refractivity contribution is 5.96. The fraction of sp³-hybridized carbons (Fsp3) is 0.400. The molecular formula is C15H18FN3O. The van der Waals surface area contributed by atoms with Gasteiger partial charge in [-0.2, -0.15) is 0 Å². The number of nitrogens with two attached hydrogens (primary N) is 1. The van der Waals surface area contributed by atoms with Crippen molar-refractivity contribution in [2.24, 2.45) is 5.84 Å². The molecule has 1 heterocycles. The van der Waals surface area contributed by atoms with E-state index in [9.17, 15) is 4.39 Å². The van der Waals surface area contributed by atoms with Gasteiger partial charge in [-0.3, -0.25) is 5.84 Å². The molecule has 0 aliphatic heterocycles. The van der Waals surface area contributed by atoms with Crippen molar-refractivity contribution in [2.75, 3.05) is 12.5 Å². The second kappa shape index (κ2) is 5.25. The van der Waals surface area contributed by atoms with Gasteiger partial charge in [0.1, 0.15) is 17.1 Å². The van der Waals surface area contributed by atoms with E-state index in [-0.39, 0.29) is 5.82 Å². The van der Waals surface area contributed by atoms with Crippen molar-refractivity contribution in [1.82, 2.24) is 4.98 Å². The largest absolute Gasteiger partial charge is 0.496 e. The minimum Gasteiger partial charge on any atom is -0.496 e. The van der Waals surface area contributed by atoms with Gasteiger partial charge in [0.2, 0.25) is 0 Å². The number of halogens is 1. The van der Waals surface area contributed by atoms with Crippen LogP contribution in [-0.4, -0.2) is 12.1 Å². The molecule has 3 N–H and O–H groups in total. The third-order valence-electron chi connectivity index (χ3n) is 4.04. The Labute approximate surface area is 117 Å². The molecule has 106 valence electrons. The van der Waals surface area contributed by atoms with E-state index in [0.29, 0.717) is 28.3 Å². The van der Waals surface area contributed by atoms with Crippen LogP contribution in [0.5, 0.6) is 5.75 Å². The fourth-order valence-electron chi connectivity index (χ4n) is 3.01. The van der Waals surface area contributed by atoms with Gasteiger partial charge in [-0.1, -0.05) is 12.8 Å². The molecule has 1 aromatic carbocycles. The van der Waals surface area contributed by atoms with Crippen LogP contribution in [0.4, 0.5) is 10.1 Å². The molecule has 0 atom stereocenters. The van der Waals surface area contributed by atoms with Crippen LogP contribution in [0.15, 0.2) is 18.2 Å². The van der Waals surface area contributed by atoms with Gasteiger partial charge in [-0.05, 0) is 31.0 Å². The molecule has 1 aliphatic rings. The van der Waals surface area contributed by atoms with E-state index in [2.05, 4.69) is 10.4 Å². The van der Waals surface area contributed by atoms with Crippen molar-refractivity contribution in [2.45, 2.75) is 31.6 Å². The normalized spacial score (nSPS) is 15.8. The minimum absolute atomic E-state index is 0.321. The van der Waals surface area contributed by atoms with Crippen molar-refractivity contribution >= 4 is 16.6 Å². The average Bonchev–Trinajstić information content (AvgIpc) is 3.01. The summed E-state index contributed by atoms with van der Waals surface area (Å²) >= 11 is 0. The summed E-state index contributed by atoms with van der Waals surface area (Å²) in [6.07, 6.45) is 4.62. The van der Waals surface area contributed by atoms with E-state index in [1.165, 1.54) is 18.9 Å². The quantitative estimate of drug-likeness (QED) is 0.666. The number of hydrogen-bond acceptors (Lipinski definition) is 4. The van der Waals surface area contributed by atoms with Crippen molar-refractivity contribution in [3.05, 3.63) is 29.7 Å². The molecule has 2 aromatic rings. The molecule has 1 aliphatic carbocycles. The lowest BCUT2D eigenvalue weighted by Crippen LogP contribution is -2.10. The Bertz CT molecular complexity index is 639. The van der Waals surface area contributed by atoms with E-state index < -0.39 is 0 Å². The Morgan fingerprint density at radius 1 is 1.35 bits per heavy atom. The zero-order valence-electron chi connectivity index (χ0n) is 11.4. The van der Waals surface area contributed by atoms with Crippen LogP contribution < -0.4 is 16.0 Å². The molecule has 1 saturated carbocycles. The van der Waals surface area contributed by atoms with Gasteiger partial charge in [0.15, 0.2) is 0 Å². The molecule has 0 radical (unpaired) electrons. The summed E-state index contributed by atoms with van der Waals surface area (Å²) in [7, 11) is 1.55. The fourth-order valence-corrected chi connectivity index (χ4v) is 3.01. The van der Waals surface area contributed by atoms with Gasteiger partial charge < -0.3 is 10.2 Å². The number of hydrogen-bond donors (Lipinski definition) is 2. The molecule has 20 heavy (non-hydrogen) atoms.